The number of anilines is 1. The number of hydrogen-bond donors (Lipinski definition) is 1. The van der Waals surface area contributed by atoms with Crippen LogP contribution >= 0.6 is 0 Å². The zero-order chi connectivity index (χ0) is 15.7. The van der Waals surface area contributed by atoms with E-state index >= 15 is 0 Å². The number of benzene rings is 1. The predicted molar refractivity (Wildman–Crippen MR) is 82.3 cm³/mol. The summed E-state index contributed by atoms with van der Waals surface area (Å²) in [5, 5.41) is 8.09. The van der Waals surface area contributed by atoms with E-state index in [0.717, 1.165) is 11.4 Å². The lowest BCUT2D eigenvalue weighted by molar-refractivity contribution is 0.601. The summed E-state index contributed by atoms with van der Waals surface area (Å²) in [4.78, 5) is 0.121. The van der Waals surface area contributed by atoms with Gasteiger partial charge >= 0.3 is 0 Å². The maximum atomic E-state index is 12.3. The quantitative estimate of drug-likeness (QED) is 0.794. The summed E-state index contributed by atoms with van der Waals surface area (Å²) in [6.07, 6.45) is 4.45. The van der Waals surface area contributed by atoms with Crippen LogP contribution in [-0.2, 0) is 17.1 Å². The third-order valence-electron chi connectivity index (χ3n) is 3.17. The monoisotopic (exact) mass is 317 g/mol. The molecule has 0 unspecified atom stereocenters. The first-order valence-electron chi connectivity index (χ1n) is 6.58. The van der Waals surface area contributed by atoms with Gasteiger partial charge in [-0.25, -0.2) is 13.1 Å². The number of hydrogen-bond acceptors (Lipinski definition) is 4. The van der Waals surface area contributed by atoms with E-state index < -0.39 is 10.0 Å². The molecule has 0 aliphatic carbocycles. The van der Waals surface area contributed by atoms with Crippen LogP contribution in [0.4, 0.5) is 5.69 Å². The van der Waals surface area contributed by atoms with Crippen molar-refractivity contribution in [3.63, 3.8) is 0 Å². The molecular weight excluding hydrogens is 302 g/mol. The molecule has 0 aliphatic rings. The van der Waals surface area contributed by atoms with E-state index in [2.05, 4.69) is 14.9 Å². The molecule has 1 N–H and O–H groups in total. The second kappa shape index (κ2) is 5.30. The van der Waals surface area contributed by atoms with Gasteiger partial charge in [-0.1, -0.05) is 6.07 Å². The lowest BCUT2D eigenvalue weighted by atomic mass is 10.3. The number of nitrogens with zero attached hydrogens (tertiary/aromatic N) is 4. The molecule has 0 bridgehead atoms. The van der Waals surface area contributed by atoms with Crippen LogP contribution in [0, 0.1) is 6.92 Å². The number of aromatic nitrogens is 4. The number of rotatable bonds is 4. The molecule has 2 aromatic heterocycles. The van der Waals surface area contributed by atoms with E-state index in [1.165, 1.54) is 17.1 Å². The van der Waals surface area contributed by atoms with Crippen LogP contribution < -0.4 is 4.72 Å². The molecule has 2 heterocycles. The molecule has 0 fully saturated rings. The third-order valence-corrected chi connectivity index (χ3v) is 4.50. The highest BCUT2D eigenvalue weighted by atomic mass is 32.2. The molecule has 22 heavy (non-hydrogen) atoms. The minimum absolute atomic E-state index is 0.121. The van der Waals surface area contributed by atoms with Crippen molar-refractivity contribution < 1.29 is 8.42 Å². The normalized spacial score (nSPS) is 11.5. The van der Waals surface area contributed by atoms with Crippen molar-refractivity contribution >= 4 is 15.7 Å². The first-order chi connectivity index (χ1) is 10.5. The van der Waals surface area contributed by atoms with Crippen LogP contribution in [0.5, 0.6) is 0 Å². The molecule has 0 saturated carbocycles. The summed E-state index contributed by atoms with van der Waals surface area (Å²) in [5.41, 5.74) is 2.22. The molecule has 0 aliphatic heterocycles. The Morgan fingerprint density at radius 3 is 2.64 bits per heavy atom. The van der Waals surface area contributed by atoms with Crippen molar-refractivity contribution in [3.8, 4) is 5.69 Å². The number of aryl methyl sites for hydroxylation is 2. The third kappa shape index (κ3) is 2.73. The van der Waals surface area contributed by atoms with Gasteiger partial charge in [0.2, 0.25) is 0 Å². The molecule has 0 radical (unpaired) electrons. The Kier molecular flexibility index (Phi) is 3.45. The van der Waals surface area contributed by atoms with E-state index in [-0.39, 0.29) is 4.90 Å². The first kappa shape index (κ1) is 14.3. The standard InChI is InChI=1S/C14H15N5O2S/c1-11-6-7-15-19(11)13-5-3-4-12(8-13)17-22(20,21)14-9-16-18(2)10-14/h3-10,17H,1-2H3. The van der Waals surface area contributed by atoms with Gasteiger partial charge in [-0.3, -0.25) is 9.40 Å². The lowest BCUT2D eigenvalue weighted by Gasteiger charge is -2.09. The Balaban J connectivity index is 1.92. The molecule has 0 spiro atoms. The van der Waals surface area contributed by atoms with Crippen LogP contribution in [0.15, 0.2) is 53.8 Å². The highest BCUT2D eigenvalue weighted by Gasteiger charge is 2.16. The fraction of sp³-hybridized carbons (Fsp3) is 0.143. The van der Waals surface area contributed by atoms with Gasteiger partial charge < -0.3 is 0 Å². The summed E-state index contributed by atoms with van der Waals surface area (Å²) in [5.74, 6) is 0. The molecule has 0 saturated heterocycles. The molecule has 0 atom stereocenters. The van der Waals surface area contributed by atoms with Gasteiger partial charge in [0.25, 0.3) is 10.0 Å². The molecule has 1 aromatic carbocycles. The van der Waals surface area contributed by atoms with E-state index in [9.17, 15) is 8.42 Å². The van der Waals surface area contributed by atoms with Crippen LogP contribution in [0.2, 0.25) is 0 Å². The zero-order valence-corrected chi connectivity index (χ0v) is 12.9. The van der Waals surface area contributed by atoms with Gasteiger partial charge in [0, 0.05) is 25.1 Å². The summed E-state index contributed by atoms with van der Waals surface area (Å²) >= 11 is 0. The Morgan fingerprint density at radius 1 is 1.18 bits per heavy atom. The second-order valence-electron chi connectivity index (χ2n) is 4.89. The molecular formula is C14H15N5O2S. The van der Waals surface area contributed by atoms with Gasteiger partial charge in [-0.15, -0.1) is 0 Å². The van der Waals surface area contributed by atoms with Crippen molar-refractivity contribution in [2.45, 2.75) is 11.8 Å². The molecule has 3 aromatic rings. The molecule has 7 nitrogen and oxygen atoms in total. The minimum Gasteiger partial charge on any atom is -0.279 e. The van der Waals surface area contributed by atoms with Crippen molar-refractivity contribution in [1.29, 1.82) is 0 Å². The second-order valence-corrected chi connectivity index (χ2v) is 6.57. The van der Waals surface area contributed by atoms with Crippen molar-refractivity contribution in [3.05, 3.63) is 54.6 Å². The summed E-state index contributed by atoms with van der Waals surface area (Å²) in [7, 11) is -1.98. The van der Waals surface area contributed by atoms with Gasteiger partial charge in [-0.2, -0.15) is 10.2 Å². The number of sulfonamides is 1. The summed E-state index contributed by atoms with van der Waals surface area (Å²) in [6, 6.07) is 8.94. The Bertz CT molecular complexity index is 911. The van der Waals surface area contributed by atoms with Crippen LogP contribution in [-0.4, -0.2) is 28.0 Å². The van der Waals surface area contributed by atoms with Crippen molar-refractivity contribution in [2.24, 2.45) is 7.05 Å². The average molecular weight is 317 g/mol. The topological polar surface area (TPSA) is 81.8 Å². The largest absolute Gasteiger partial charge is 0.279 e. The van der Waals surface area contributed by atoms with Gasteiger partial charge in [0.05, 0.1) is 17.6 Å². The number of nitrogens with one attached hydrogen (secondary N) is 1. The SMILES string of the molecule is Cc1ccnn1-c1cccc(NS(=O)(=O)c2cnn(C)c2)c1. The van der Waals surface area contributed by atoms with Crippen LogP contribution in [0.1, 0.15) is 5.69 Å². The molecule has 3 rings (SSSR count). The summed E-state index contributed by atoms with van der Waals surface area (Å²) < 4.78 is 30.3. The van der Waals surface area contributed by atoms with Gasteiger partial charge in [0.1, 0.15) is 4.90 Å². The Morgan fingerprint density at radius 2 is 2.00 bits per heavy atom. The Labute approximate surface area is 128 Å². The van der Waals surface area contributed by atoms with Crippen molar-refractivity contribution in [1.82, 2.24) is 19.6 Å². The van der Waals surface area contributed by atoms with E-state index in [4.69, 9.17) is 0 Å². The smallest absolute Gasteiger partial charge is 0.265 e. The maximum absolute atomic E-state index is 12.3. The van der Waals surface area contributed by atoms with Gasteiger partial charge in [-0.05, 0) is 31.2 Å². The van der Waals surface area contributed by atoms with E-state index in [0.29, 0.717) is 5.69 Å². The highest BCUT2D eigenvalue weighted by Crippen LogP contribution is 2.19. The highest BCUT2D eigenvalue weighted by molar-refractivity contribution is 7.92. The predicted octanol–water partition coefficient (Wildman–Crippen LogP) is 1.72. The minimum atomic E-state index is -3.65. The maximum Gasteiger partial charge on any atom is 0.265 e. The zero-order valence-electron chi connectivity index (χ0n) is 12.1. The van der Waals surface area contributed by atoms with Gasteiger partial charge in [0.15, 0.2) is 0 Å². The first-order valence-corrected chi connectivity index (χ1v) is 8.06. The average Bonchev–Trinajstić information content (AvgIpc) is 3.07. The fourth-order valence-electron chi connectivity index (χ4n) is 2.09. The molecule has 0 amide bonds. The Hall–Kier alpha value is -2.61. The fourth-order valence-corrected chi connectivity index (χ4v) is 3.12. The van der Waals surface area contributed by atoms with E-state index in [1.807, 2.05) is 19.1 Å². The lowest BCUT2D eigenvalue weighted by Crippen LogP contribution is -2.12. The van der Waals surface area contributed by atoms with Crippen LogP contribution in [0.3, 0.4) is 0 Å². The molecule has 114 valence electrons. The van der Waals surface area contributed by atoms with E-state index in [1.54, 1.807) is 36.1 Å². The molecule has 8 heteroatoms. The summed E-state index contributed by atoms with van der Waals surface area (Å²) in [6.45, 7) is 1.93. The van der Waals surface area contributed by atoms with Crippen LogP contribution in [0.25, 0.3) is 5.69 Å². The van der Waals surface area contributed by atoms with Crippen molar-refractivity contribution in [2.75, 3.05) is 4.72 Å².